The lowest BCUT2D eigenvalue weighted by atomic mass is 10.2. The van der Waals surface area contributed by atoms with Crippen molar-refractivity contribution in [2.75, 3.05) is 12.0 Å². The number of ether oxygens (including phenoxy) is 1. The Morgan fingerprint density at radius 1 is 1.54 bits per heavy atom. The number of carbonyl (C=O) groups is 2. The van der Waals surface area contributed by atoms with E-state index in [1.807, 2.05) is 0 Å². The Bertz CT molecular complexity index is 265. The summed E-state index contributed by atoms with van der Waals surface area (Å²) in [6, 6.07) is -0.755. The molecule has 1 aliphatic rings. The highest BCUT2D eigenvalue weighted by molar-refractivity contribution is 7.84. The average Bonchev–Trinajstić information content (AvgIpc) is 1.99. The predicted octanol–water partition coefficient (Wildman–Crippen LogP) is -1.20. The van der Waals surface area contributed by atoms with E-state index in [0.717, 1.165) is 0 Å². The summed E-state index contributed by atoms with van der Waals surface area (Å²) in [7, 11) is -1.13. The van der Waals surface area contributed by atoms with Crippen LogP contribution in [-0.2, 0) is 25.1 Å². The third-order valence-corrected chi connectivity index (χ3v) is 2.47. The molecule has 6 heteroatoms. The summed E-state index contributed by atoms with van der Waals surface area (Å²) in [5, 5.41) is 2.44. The molecule has 0 radical (unpaired) electrons. The van der Waals surface area contributed by atoms with Gasteiger partial charge in [0.1, 0.15) is 6.04 Å². The SMILES string of the molecule is CC1OC(=O)C(CS(C)=O)NC1=O. The highest BCUT2D eigenvalue weighted by Crippen LogP contribution is 2.04. The summed E-state index contributed by atoms with van der Waals surface area (Å²) < 4.78 is 15.5. The second kappa shape index (κ2) is 3.87. The minimum Gasteiger partial charge on any atom is -0.451 e. The lowest BCUT2D eigenvalue weighted by Gasteiger charge is -2.25. The highest BCUT2D eigenvalue weighted by atomic mass is 32.2. The molecular formula is C7H11NO4S. The Labute approximate surface area is 78.3 Å². The van der Waals surface area contributed by atoms with E-state index in [0.29, 0.717) is 0 Å². The van der Waals surface area contributed by atoms with Gasteiger partial charge in [0.2, 0.25) is 0 Å². The molecule has 1 N–H and O–H groups in total. The highest BCUT2D eigenvalue weighted by Gasteiger charge is 2.33. The van der Waals surface area contributed by atoms with Crippen molar-refractivity contribution in [1.82, 2.24) is 5.32 Å². The monoisotopic (exact) mass is 205 g/mol. The lowest BCUT2D eigenvalue weighted by Crippen LogP contribution is -2.55. The standard InChI is InChI=1S/C7H11NO4S/c1-4-6(9)8-5(3-13(2)11)7(10)12-4/h4-5H,3H2,1-2H3,(H,8,9). The van der Waals surface area contributed by atoms with Crippen LogP contribution in [0.2, 0.25) is 0 Å². The van der Waals surface area contributed by atoms with Gasteiger partial charge in [0.15, 0.2) is 6.10 Å². The minimum absolute atomic E-state index is 0.108. The first-order valence-corrected chi connectivity index (χ1v) is 5.54. The smallest absolute Gasteiger partial charge is 0.330 e. The first kappa shape index (κ1) is 10.2. The van der Waals surface area contributed by atoms with E-state index in [2.05, 4.69) is 5.32 Å². The van der Waals surface area contributed by atoms with E-state index in [4.69, 9.17) is 4.74 Å². The van der Waals surface area contributed by atoms with Crippen LogP contribution < -0.4 is 5.32 Å². The molecule has 74 valence electrons. The molecule has 0 spiro atoms. The van der Waals surface area contributed by atoms with Crippen LogP contribution in [0.4, 0.5) is 0 Å². The first-order valence-electron chi connectivity index (χ1n) is 3.81. The molecule has 1 fully saturated rings. The van der Waals surface area contributed by atoms with Crippen molar-refractivity contribution >= 4 is 22.7 Å². The molecule has 0 aromatic rings. The summed E-state index contributed by atoms with van der Waals surface area (Å²) in [6.07, 6.45) is 0.728. The fraction of sp³-hybridized carbons (Fsp3) is 0.714. The number of nitrogens with one attached hydrogen (secondary N) is 1. The third kappa shape index (κ3) is 2.51. The summed E-state index contributed by atoms with van der Waals surface area (Å²) >= 11 is 0. The van der Waals surface area contributed by atoms with Crippen LogP contribution in [0.5, 0.6) is 0 Å². The van der Waals surface area contributed by atoms with Gasteiger partial charge < -0.3 is 10.1 Å². The molecule has 3 atom stereocenters. The summed E-state index contributed by atoms with van der Waals surface area (Å²) in [5.74, 6) is -0.741. The van der Waals surface area contributed by atoms with Gasteiger partial charge in [0, 0.05) is 17.1 Å². The van der Waals surface area contributed by atoms with Gasteiger partial charge in [-0.05, 0) is 6.92 Å². The number of esters is 1. The molecule has 13 heavy (non-hydrogen) atoms. The first-order chi connectivity index (χ1) is 6.00. The molecular weight excluding hydrogens is 194 g/mol. The van der Waals surface area contributed by atoms with Gasteiger partial charge >= 0.3 is 5.97 Å². The molecule has 1 saturated heterocycles. The molecule has 0 aliphatic carbocycles. The maximum Gasteiger partial charge on any atom is 0.330 e. The van der Waals surface area contributed by atoms with Gasteiger partial charge in [-0.15, -0.1) is 0 Å². The van der Waals surface area contributed by atoms with Gasteiger partial charge in [-0.25, -0.2) is 4.79 Å². The van der Waals surface area contributed by atoms with Crippen LogP contribution in [-0.4, -0.2) is 40.2 Å². The number of rotatable bonds is 2. The van der Waals surface area contributed by atoms with Crippen LogP contribution in [0.25, 0.3) is 0 Å². The van der Waals surface area contributed by atoms with Crippen molar-refractivity contribution in [2.45, 2.75) is 19.1 Å². The zero-order valence-electron chi connectivity index (χ0n) is 7.40. The van der Waals surface area contributed by atoms with Crippen molar-refractivity contribution in [1.29, 1.82) is 0 Å². The Morgan fingerprint density at radius 2 is 2.15 bits per heavy atom. The molecule has 0 bridgehead atoms. The van der Waals surface area contributed by atoms with Crippen molar-refractivity contribution in [3.05, 3.63) is 0 Å². The normalized spacial score (nSPS) is 30.6. The molecule has 1 rings (SSSR count). The number of cyclic esters (lactones) is 1. The molecule has 0 saturated carbocycles. The summed E-state index contributed by atoms with van der Waals surface area (Å²) in [6.45, 7) is 1.49. The average molecular weight is 205 g/mol. The van der Waals surface area contributed by atoms with Crippen molar-refractivity contribution in [3.8, 4) is 0 Å². The van der Waals surface area contributed by atoms with Crippen LogP contribution in [0.15, 0.2) is 0 Å². The van der Waals surface area contributed by atoms with Crippen LogP contribution in [0.3, 0.4) is 0 Å². The van der Waals surface area contributed by atoms with Crippen molar-refractivity contribution in [3.63, 3.8) is 0 Å². The van der Waals surface area contributed by atoms with Gasteiger partial charge in [-0.1, -0.05) is 0 Å². The number of hydrogen-bond acceptors (Lipinski definition) is 4. The topological polar surface area (TPSA) is 72.5 Å². The van der Waals surface area contributed by atoms with Gasteiger partial charge in [-0.2, -0.15) is 0 Å². The Hall–Kier alpha value is -0.910. The molecule has 5 nitrogen and oxygen atoms in total. The van der Waals surface area contributed by atoms with E-state index in [-0.39, 0.29) is 11.7 Å². The Kier molecular flexibility index (Phi) is 3.02. The zero-order valence-corrected chi connectivity index (χ0v) is 8.22. The van der Waals surface area contributed by atoms with E-state index in [9.17, 15) is 13.8 Å². The van der Waals surface area contributed by atoms with E-state index in [1.54, 1.807) is 0 Å². The van der Waals surface area contributed by atoms with E-state index in [1.165, 1.54) is 13.2 Å². The quantitative estimate of drug-likeness (QED) is 0.574. The minimum atomic E-state index is -1.13. The molecule has 0 aromatic carbocycles. The third-order valence-electron chi connectivity index (χ3n) is 1.66. The molecule has 1 aliphatic heterocycles. The maximum atomic E-state index is 11.1. The van der Waals surface area contributed by atoms with Crippen molar-refractivity contribution in [2.24, 2.45) is 0 Å². The van der Waals surface area contributed by atoms with Crippen LogP contribution >= 0.6 is 0 Å². The second-order valence-electron chi connectivity index (χ2n) is 2.88. The Morgan fingerprint density at radius 3 is 2.69 bits per heavy atom. The molecule has 1 amide bonds. The molecule has 0 aromatic heterocycles. The number of carbonyl (C=O) groups excluding carboxylic acids is 2. The van der Waals surface area contributed by atoms with Crippen LogP contribution in [0.1, 0.15) is 6.92 Å². The summed E-state index contributed by atoms with van der Waals surface area (Å²) in [4.78, 5) is 22.2. The zero-order chi connectivity index (χ0) is 10.0. The fourth-order valence-corrected chi connectivity index (χ4v) is 1.69. The van der Waals surface area contributed by atoms with Gasteiger partial charge in [-0.3, -0.25) is 9.00 Å². The van der Waals surface area contributed by atoms with Crippen molar-refractivity contribution < 1.29 is 18.5 Å². The fourth-order valence-electron chi connectivity index (χ4n) is 1.00. The molecule has 1 heterocycles. The largest absolute Gasteiger partial charge is 0.451 e. The molecule has 3 unspecified atom stereocenters. The maximum absolute atomic E-state index is 11.1. The van der Waals surface area contributed by atoms with E-state index >= 15 is 0 Å². The predicted molar refractivity (Wildman–Crippen MR) is 46.4 cm³/mol. The van der Waals surface area contributed by atoms with Crippen LogP contribution in [0, 0.1) is 0 Å². The van der Waals surface area contributed by atoms with Gasteiger partial charge in [0.05, 0.1) is 5.75 Å². The number of amides is 1. The number of morpholine rings is 1. The lowest BCUT2D eigenvalue weighted by molar-refractivity contribution is -0.163. The van der Waals surface area contributed by atoms with Gasteiger partial charge in [0.25, 0.3) is 5.91 Å². The van der Waals surface area contributed by atoms with E-state index < -0.39 is 28.9 Å². The Balaban J connectivity index is 2.61. The summed E-state index contributed by atoms with van der Waals surface area (Å²) in [5.41, 5.74) is 0. The second-order valence-corrected chi connectivity index (χ2v) is 4.36. The number of hydrogen-bond donors (Lipinski definition) is 1.